The molecule has 0 aliphatic heterocycles. The van der Waals surface area contributed by atoms with Gasteiger partial charge in [0.2, 0.25) is 0 Å². The van der Waals surface area contributed by atoms with E-state index in [0.717, 1.165) is 0 Å². The molecule has 0 aliphatic rings. The first-order chi connectivity index (χ1) is 14.4. The van der Waals surface area contributed by atoms with E-state index in [2.05, 4.69) is 108 Å². The number of nitrogens with zero attached hydrogens (tertiary/aromatic N) is 1. The van der Waals surface area contributed by atoms with Crippen molar-refractivity contribution in [3.63, 3.8) is 0 Å². The highest BCUT2D eigenvalue weighted by Gasteiger charge is 2.17. The van der Waals surface area contributed by atoms with E-state index >= 15 is 0 Å². The second-order valence-corrected chi connectivity index (χ2v) is 7.85. The minimum absolute atomic E-state index is 1.26. The molecule has 0 N–H and O–H groups in total. The molecule has 0 unspecified atom stereocenters. The van der Waals surface area contributed by atoms with Crippen LogP contribution in [0.25, 0.3) is 60.0 Å². The van der Waals surface area contributed by atoms with Crippen LogP contribution in [-0.2, 0) is 0 Å². The van der Waals surface area contributed by atoms with Crippen molar-refractivity contribution in [2.24, 2.45) is 0 Å². The van der Waals surface area contributed by atoms with Crippen LogP contribution in [0.2, 0.25) is 0 Å². The Hall–Kier alpha value is -3.84. The number of rotatable bonds is 1. The SMILES string of the molecule is c1ccc(-c2ccc3c(c2)c2cccc4c5cc6ccccc6cc5n3c24)cc1. The molecule has 1 nitrogen and oxygen atoms in total. The second-order valence-electron chi connectivity index (χ2n) is 7.85. The number of aromatic nitrogens is 1. The van der Waals surface area contributed by atoms with E-state index in [4.69, 9.17) is 0 Å². The van der Waals surface area contributed by atoms with Crippen molar-refractivity contribution in [2.45, 2.75) is 0 Å². The standard InChI is InChI=1S/C28H17N/c1-2-7-18(8-3-1)21-13-14-26-24(16-21)22-11-6-12-23-25-15-19-9-4-5-10-20(19)17-27(25)29(26)28(22)23/h1-17H. The first kappa shape index (κ1) is 15.1. The van der Waals surface area contributed by atoms with Gasteiger partial charge in [-0.15, -0.1) is 0 Å². The van der Waals surface area contributed by atoms with E-state index in [9.17, 15) is 0 Å². The molecule has 0 amide bonds. The van der Waals surface area contributed by atoms with Gasteiger partial charge in [-0.3, -0.25) is 0 Å². The van der Waals surface area contributed by atoms with Crippen LogP contribution in [0.1, 0.15) is 0 Å². The predicted octanol–water partition coefficient (Wildman–Crippen LogP) is 7.66. The van der Waals surface area contributed by atoms with Gasteiger partial charge in [0.25, 0.3) is 0 Å². The molecule has 0 atom stereocenters. The third kappa shape index (κ3) is 1.94. The molecule has 0 spiro atoms. The molecule has 29 heavy (non-hydrogen) atoms. The monoisotopic (exact) mass is 367 g/mol. The minimum atomic E-state index is 1.26. The maximum atomic E-state index is 2.45. The summed E-state index contributed by atoms with van der Waals surface area (Å²) in [6.45, 7) is 0. The van der Waals surface area contributed by atoms with Crippen molar-refractivity contribution in [3.8, 4) is 11.1 Å². The number of fused-ring (bicyclic) bond motifs is 7. The lowest BCUT2D eigenvalue weighted by Gasteiger charge is -2.04. The molecule has 5 aromatic carbocycles. The lowest BCUT2D eigenvalue weighted by atomic mass is 10.0. The van der Waals surface area contributed by atoms with Crippen LogP contribution in [0.15, 0.2) is 103 Å². The molecule has 7 aromatic rings. The second kappa shape index (κ2) is 5.36. The molecule has 0 saturated heterocycles. The molecular weight excluding hydrogens is 350 g/mol. The van der Waals surface area contributed by atoms with Gasteiger partial charge in [0.15, 0.2) is 0 Å². The van der Waals surface area contributed by atoms with Crippen LogP contribution >= 0.6 is 0 Å². The number of hydrogen-bond acceptors (Lipinski definition) is 0. The smallest absolute Gasteiger partial charge is 0.0620 e. The molecule has 0 saturated carbocycles. The van der Waals surface area contributed by atoms with Crippen molar-refractivity contribution in [1.29, 1.82) is 0 Å². The zero-order valence-corrected chi connectivity index (χ0v) is 15.8. The molecule has 1 heteroatoms. The fourth-order valence-electron chi connectivity index (χ4n) is 4.98. The number of hydrogen-bond donors (Lipinski definition) is 0. The van der Waals surface area contributed by atoms with Crippen LogP contribution in [0.4, 0.5) is 0 Å². The normalized spacial score (nSPS) is 12.1. The Morgan fingerprint density at radius 1 is 0.414 bits per heavy atom. The molecule has 134 valence electrons. The maximum Gasteiger partial charge on any atom is 0.0620 e. The molecule has 0 bridgehead atoms. The highest BCUT2D eigenvalue weighted by Crippen LogP contribution is 2.41. The fourth-order valence-corrected chi connectivity index (χ4v) is 4.98. The van der Waals surface area contributed by atoms with E-state index in [0.29, 0.717) is 0 Å². The van der Waals surface area contributed by atoms with Gasteiger partial charge in [0.1, 0.15) is 0 Å². The quantitative estimate of drug-likeness (QED) is 0.280. The Balaban J connectivity index is 1.67. The van der Waals surface area contributed by atoms with Gasteiger partial charge in [0, 0.05) is 21.5 Å². The lowest BCUT2D eigenvalue weighted by Crippen LogP contribution is -1.82. The molecule has 0 aliphatic carbocycles. The van der Waals surface area contributed by atoms with Gasteiger partial charge in [-0.2, -0.15) is 0 Å². The third-order valence-electron chi connectivity index (χ3n) is 6.29. The maximum absolute atomic E-state index is 2.45. The van der Waals surface area contributed by atoms with Crippen LogP contribution in [-0.4, -0.2) is 4.40 Å². The summed E-state index contributed by atoms with van der Waals surface area (Å²) in [5.74, 6) is 0. The van der Waals surface area contributed by atoms with Gasteiger partial charge >= 0.3 is 0 Å². The van der Waals surface area contributed by atoms with Gasteiger partial charge in [-0.1, -0.05) is 78.9 Å². The van der Waals surface area contributed by atoms with Crippen molar-refractivity contribution in [3.05, 3.63) is 103 Å². The summed E-state index contributed by atoms with van der Waals surface area (Å²) >= 11 is 0. The van der Waals surface area contributed by atoms with Gasteiger partial charge in [-0.05, 0) is 46.2 Å². The largest absolute Gasteiger partial charge is 0.308 e. The molecule has 2 heterocycles. The van der Waals surface area contributed by atoms with Gasteiger partial charge in [0.05, 0.1) is 16.6 Å². The summed E-state index contributed by atoms with van der Waals surface area (Å²) in [6.07, 6.45) is 0. The first-order valence-electron chi connectivity index (χ1n) is 10.0. The fraction of sp³-hybridized carbons (Fsp3) is 0. The topological polar surface area (TPSA) is 4.41 Å². The highest BCUT2D eigenvalue weighted by atomic mass is 14.9. The van der Waals surface area contributed by atoms with Crippen molar-refractivity contribution >= 4 is 48.9 Å². The number of benzene rings is 5. The summed E-state index contributed by atoms with van der Waals surface area (Å²) in [5.41, 5.74) is 6.42. The Kier molecular flexibility index (Phi) is 2.80. The summed E-state index contributed by atoms with van der Waals surface area (Å²) in [4.78, 5) is 0. The Bertz CT molecular complexity index is 1690. The highest BCUT2D eigenvalue weighted by molar-refractivity contribution is 6.24. The van der Waals surface area contributed by atoms with Crippen LogP contribution < -0.4 is 0 Å². The van der Waals surface area contributed by atoms with E-state index < -0.39 is 0 Å². The Morgan fingerprint density at radius 3 is 1.90 bits per heavy atom. The van der Waals surface area contributed by atoms with Crippen molar-refractivity contribution < 1.29 is 0 Å². The zero-order valence-electron chi connectivity index (χ0n) is 15.8. The molecule has 7 rings (SSSR count). The summed E-state index contributed by atoms with van der Waals surface area (Å²) < 4.78 is 2.45. The third-order valence-corrected chi connectivity index (χ3v) is 6.29. The summed E-state index contributed by atoms with van der Waals surface area (Å²) in [5, 5.41) is 7.90. The predicted molar refractivity (Wildman–Crippen MR) is 124 cm³/mol. The van der Waals surface area contributed by atoms with Gasteiger partial charge in [-0.25, -0.2) is 0 Å². The molecule has 0 radical (unpaired) electrons. The van der Waals surface area contributed by atoms with Gasteiger partial charge < -0.3 is 4.40 Å². The van der Waals surface area contributed by atoms with Crippen molar-refractivity contribution in [2.75, 3.05) is 0 Å². The average molecular weight is 367 g/mol. The summed E-state index contributed by atoms with van der Waals surface area (Å²) in [7, 11) is 0. The van der Waals surface area contributed by atoms with E-state index in [-0.39, 0.29) is 0 Å². The van der Waals surface area contributed by atoms with Crippen molar-refractivity contribution in [1.82, 2.24) is 4.40 Å². The lowest BCUT2D eigenvalue weighted by molar-refractivity contribution is 1.37. The van der Waals surface area contributed by atoms with Crippen LogP contribution in [0.5, 0.6) is 0 Å². The molecular formula is C28H17N. The Labute approximate surface area is 167 Å². The van der Waals surface area contributed by atoms with Crippen LogP contribution in [0, 0.1) is 0 Å². The van der Waals surface area contributed by atoms with E-state index in [1.807, 2.05) is 0 Å². The number of para-hydroxylation sites is 1. The summed E-state index contributed by atoms with van der Waals surface area (Å²) in [6, 6.07) is 37.6. The average Bonchev–Trinajstić information content (AvgIpc) is 3.29. The minimum Gasteiger partial charge on any atom is -0.308 e. The van der Waals surface area contributed by atoms with Crippen LogP contribution in [0.3, 0.4) is 0 Å². The first-order valence-corrected chi connectivity index (χ1v) is 10.0. The zero-order chi connectivity index (χ0) is 18.9. The molecule has 0 fully saturated rings. The van der Waals surface area contributed by atoms with E-state index in [1.54, 1.807) is 0 Å². The van der Waals surface area contributed by atoms with E-state index in [1.165, 1.54) is 60.0 Å². The molecule has 2 aromatic heterocycles. The Morgan fingerprint density at radius 2 is 1.10 bits per heavy atom.